The first-order chi connectivity index (χ1) is 14.6. The van der Waals surface area contributed by atoms with E-state index in [0.29, 0.717) is 31.7 Å². The van der Waals surface area contributed by atoms with Gasteiger partial charge in [0.1, 0.15) is 23.2 Å². The van der Waals surface area contributed by atoms with E-state index in [-0.39, 0.29) is 12.3 Å². The van der Waals surface area contributed by atoms with Crippen molar-refractivity contribution in [1.82, 2.24) is 14.8 Å². The molecule has 154 valence electrons. The third kappa shape index (κ3) is 4.24. The van der Waals surface area contributed by atoms with E-state index in [4.69, 9.17) is 25.1 Å². The Morgan fingerprint density at radius 1 is 1.47 bits per heavy atom. The zero-order chi connectivity index (χ0) is 21.5. The van der Waals surface area contributed by atoms with Crippen LogP contribution >= 0.6 is 0 Å². The van der Waals surface area contributed by atoms with Gasteiger partial charge in [-0.2, -0.15) is 10.4 Å². The molecule has 2 aromatic heterocycles. The van der Waals surface area contributed by atoms with Crippen LogP contribution in [-0.2, 0) is 29.1 Å². The van der Waals surface area contributed by atoms with Gasteiger partial charge in [0.2, 0.25) is 0 Å². The molecule has 3 heterocycles. The van der Waals surface area contributed by atoms with E-state index in [1.165, 1.54) is 0 Å². The number of benzene rings is 1. The zero-order valence-electron chi connectivity index (χ0n) is 16.4. The molecule has 30 heavy (non-hydrogen) atoms. The van der Waals surface area contributed by atoms with Crippen LogP contribution in [-0.4, -0.2) is 40.1 Å². The van der Waals surface area contributed by atoms with Crippen molar-refractivity contribution in [2.45, 2.75) is 19.6 Å². The molecule has 0 bridgehead atoms. The van der Waals surface area contributed by atoms with E-state index >= 15 is 0 Å². The Hall–Kier alpha value is -3.90. The average Bonchev–Trinajstić information content (AvgIpc) is 3.26. The summed E-state index contributed by atoms with van der Waals surface area (Å²) in [7, 11) is 1.64. The SMILES string of the molecule is COc1ccc(-c2c(C#N)c(N)nc3c2COCC3)cc1Cn1cccn1.O=CO. The molecule has 1 aliphatic rings. The first kappa shape index (κ1) is 20.8. The van der Waals surface area contributed by atoms with Crippen LogP contribution in [0.1, 0.15) is 22.4 Å². The Kier molecular flexibility index (Phi) is 6.62. The van der Waals surface area contributed by atoms with E-state index in [1.807, 2.05) is 35.1 Å². The highest BCUT2D eigenvalue weighted by molar-refractivity contribution is 5.80. The standard InChI is InChI=1S/C20H19N5O2.CH2O2/c1-26-18-4-3-13(9-14(18)11-25-7-2-6-23-25)19-15(10-21)20(22)24-17-5-8-27-12-16(17)19;2-1-3/h2-4,6-7,9H,5,8,11-12H2,1H3,(H2,22,24);1H,(H,2,3). The number of nitrogens with zero attached hydrogens (tertiary/aromatic N) is 4. The number of nitrogens with two attached hydrogens (primary N) is 1. The highest BCUT2D eigenvalue weighted by Crippen LogP contribution is 2.36. The van der Waals surface area contributed by atoms with Crippen LogP contribution < -0.4 is 10.5 Å². The normalized spacial score (nSPS) is 12.1. The molecule has 3 N–H and O–H groups in total. The van der Waals surface area contributed by atoms with E-state index in [9.17, 15) is 5.26 Å². The first-order valence-corrected chi connectivity index (χ1v) is 9.14. The fraction of sp³-hybridized carbons (Fsp3) is 0.238. The average molecular weight is 407 g/mol. The van der Waals surface area contributed by atoms with Crippen LogP contribution in [0, 0.1) is 11.3 Å². The molecule has 9 heteroatoms. The lowest BCUT2D eigenvalue weighted by atomic mass is 9.91. The predicted octanol–water partition coefficient (Wildman–Crippen LogP) is 2.23. The number of carbonyl (C=O) groups is 1. The van der Waals surface area contributed by atoms with Gasteiger partial charge in [-0.05, 0) is 23.8 Å². The number of pyridine rings is 1. The second-order valence-corrected chi connectivity index (χ2v) is 6.42. The lowest BCUT2D eigenvalue weighted by molar-refractivity contribution is -0.122. The number of methoxy groups -OCH3 is 1. The molecule has 0 amide bonds. The van der Waals surface area contributed by atoms with E-state index in [0.717, 1.165) is 33.7 Å². The maximum absolute atomic E-state index is 9.69. The van der Waals surface area contributed by atoms with Gasteiger partial charge in [0.25, 0.3) is 6.47 Å². The van der Waals surface area contributed by atoms with E-state index in [1.54, 1.807) is 13.3 Å². The van der Waals surface area contributed by atoms with Crippen molar-refractivity contribution in [3.05, 3.63) is 59.0 Å². The van der Waals surface area contributed by atoms with Crippen molar-refractivity contribution in [2.75, 3.05) is 19.5 Å². The molecule has 0 radical (unpaired) electrons. The van der Waals surface area contributed by atoms with Crippen molar-refractivity contribution in [1.29, 1.82) is 5.26 Å². The quantitative estimate of drug-likeness (QED) is 0.628. The largest absolute Gasteiger partial charge is 0.496 e. The van der Waals surface area contributed by atoms with Crippen LogP contribution in [0.5, 0.6) is 5.75 Å². The molecule has 0 fully saturated rings. The van der Waals surface area contributed by atoms with Gasteiger partial charge < -0.3 is 20.3 Å². The fourth-order valence-electron chi connectivity index (χ4n) is 3.46. The number of aromatic nitrogens is 3. The summed E-state index contributed by atoms with van der Waals surface area (Å²) in [6.07, 6.45) is 4.32. The maximum atomic E-state index is 9.69. The topological polar surface area (TPSA) is 136 Å². The molecular weight excluding hydrogens is 386 g/mol. The smallest absolute Gasteiger partial charge is 0.290 e. The van der Waals surface area contributed by atoms with Crippen molar-refractivity contribution in [3.63, 3.8) is 0 Å². The van der Waals surface area contributed by atoms with E-state index < -0.39 is 0 Å². The summed E-state index contributed by atoms with van der Waals surface area (Å²) in [6, 6.07) is 9.95. The Balaban J connectivity index is 0.000000806. The zero-order valence-corrected chi connectivity index (χ0v) is 16.4. The summed E-state index contributed by atoms with van der Waals surface area (Å²) in [4.78, 5) is 12.8. The monoisotopic (exact) mass is 407 g/mol. The number of nitrogen functional groups attached to an aromatic ring is 1. The van der Waals surface area contributed by atoms with Crippen LogP contribution in [0.2, 0.25) is 0 Å². The van der Waals surface area contributed by atoms with Gasteiger partial charge in [0, 0.05) is 35.5 Å². The number of rotatable bonds is 4. The molecule has 9 nitrogen and oxygen atoms in total. The molecule has 0 unspecified atom stereocenters. The van der Waals surface area contributed by atoms with Crippen LogP contribution in [0.4, 0.5) is 5.82 Å². The lowest BCUT2D eigenvalue weighted by Crippen LogP contribution is -2.16. The molecule has 1 aliphatic heterocycles. The van der Waals surface area contributed by atoms with Crippen LogP contribution in [0.3, 0.4) is 0 Å². The summed E-state index contributed by atoms with van der Waals surface area (Å²) in [5.41, 5.74) is 11.0. The Morgan fingerprint density at radius 2 is 2.27 bits per heavy atom. The first-order valence-electron chi connectivity index (χ1n) is 9.14. The molecule has 0 spiro atoms. The van der Waals surface area contributed by atoms with Crippen molar-refractivity contribution >= 4 is 12.3 Å². The van der Waals surface area contributed by atoms with Gasteiger partial charge in [-0.3, -0.25) is 9.48 Å². The van der Waals surface area contributed by atoms with Gasteiger partial charge in [-0.25, -0.2) is 4.98 Å². The van der Waals surface area contributed by atoms with Gasteiger partial charge in [-0.1, -0.05) is 6.07 Å². The highest BCUT2D eigenvalue weighted by Gasteiger charge is 2.23. The van der Waals surface area contributed by atoms with Gasteiger partial charge in [0.15, 0.2) is 0 Å². The Bertz CT molecular complexity index is 1070. The summed E-state index contributed by atoms with van der Waals surface area (Å²) in [6.45, 7) is 1.34. The molecule has 4 rings (SSSR count). The number of ether oxygens (including phenoxy) is 2. The van der Waals surface area contributed by atoms with Gasteiger partial charge >= 0.3 is 0 Å². The van der Waals surface area contributed by atoms with Gasteiger partial charge in [-0.15, -0.1) is 0 Å². The van der Waals surface area contributed by atoms with Crippen LogP contribution in [0.25, 0.3) is 11.1 Å². The molecular formula is C21H21N5O4. The van der Waals surface area contributed by atoms with Gasteiger partial charge in [0.05, 0.1) is 32.6 Å². The number of carboxylic acid groups (broad SMARTS) is 1. The molecule has 0 saturated carbocycles. The minimum Gasteiger partial charge on any atom is -0.496 e. The number of nitriles is 1. The molecule has 0 aliphatic carbocycles. The highest BCUT2D eigenvalue weighted by atomic mass is 16.5. The lowest BCUT2D eigenvalue weighted by Gasteiger charge is -2.22. The number of anilines is 1. The summed E-state index contributed by atoms with van der Waals surface area (Å²) >= 11 is 0. The summed E-state index contributed by atoms with van der Waals surface area (Å²) < 4.78 is 13.0. The second-order valence-electron chi connectivity index (χ2n) is 6.42. The molecule has 0 atom stereocenters. The molecule has 1 aromatic carbocycles. The van der Waals surface area contributed by atoms with E-state index in [2.05, 4.69) is 16.2 Å². The Labute approximate surface area is 173 Å². The van der Waals surface area contributed by atoms with Crippen molar-refractivity contribution in [2.24, 2.45) is 0 Å². The Morgan fingerprint density at radius 3 is 2.93 bits per heavy atom. The predicted molar refractivity (Wildman–Crippen MR) is 109 cm³/mol. The minimum absolute atomic E-state index is 0.250. The fourth-order valence-corrected chi connectivity index (χ4v) is 3.46. The number of fused-ring (bicyclic) bond motifs is 1. The maximum Gasteiger partial charge on any atom is 0.290 e. The third-order valence-electron chi connectivity index (χ3n) is 4.71. The second kappa shape index (κ2) is 9.54. The van der Waals surface area contributed by atoms with Crippen molar-refractivity contribution < 1.29 is 19.4 Å². The van der Waals surface area contributed by atoms with Crippen molar-refractivity contribution in [3.8, 4) is 22.9 Å². The van der Waals surface area contributed by atoms with Crippen LogP contribution in [0.15, 0.2) is 36.7 Å². The third-order valence-corrected chi connectivity index (χ3v) is 4.71. The molecule has 0 saturated heterocycles. The molecule has 3 aromatic rings. The number of hydrogen-bond acceptors (Lipinski definition) is 7. The minimum atomic E-state index is -0.250. The number of hydrogen-bond donors (Lipinski definition) is 2. The summed E-state index contributed by atoms with van der Waals surface area (Å²) in [5.74, 6) is 1.03. The summed E-state index contributed by atoms with van der Waals surface area (Å²) in [5, 5.41) is 20.8.